The van der Waals surface area contributed by atoms with E-state index in [1.807, 2.05) is 12.1 Å². The van der Waals surface area contributed by atoms with Crippen molar-refractivity contribution in [3.8, 4) is 5.88 Å². The Bertz CT molecular complexity index is 327. The van der Waals surface area contributed by atoms with Crippen molar-refractivity contribution in [3.05, 3.63) is 17.8 Å². The van der Waals surface area contributed by atoms with E-state index in [9.17, 15) is 0 Å². The Kier molecular flexibility index (Phi) is 3.96. The summed E-state index contributed by atoms with van der Waals surface area (Å²) in [4.78, 5) is 2.32. The van der Waals surface area contributed by atoms with Gasteiger partial charge in [0.2, 0.25) is 5.88 Å². The molecule has 1 fully saturated rings. The summed E-state index contributed by atoms with van der Waals surface area (Å²) in [5.41, 5.74) is 0.768. The average Bonchev–Trinajstić information content (AvgIpc) is 3.14. The number of aromatic nitrogens is 2. The van der Waals surface area contributed by atoms with Crippen LogP contribution in [-0.4, -0.2) is 41.3 Å². The van der Waals surface area contributed by atoms with E-state index >= 15 is 0 Å². The standard InChI is InChI=1S/C11H16ClN3O/c1-15(10-3-4-10)6-7-16-11-5-2-9(8-12)13-14-11/h2,5,10H,3-4,6-8H2,1H3. The topological polar surface area (TPSA) is 38.2 Å². The molecule has 0 saturated heterocycles. The smallest absolute Gasteiger partial charge is 0.233 e. The second-order valence-electron chi connectivity index (χ2n) is 4.06. The van der Waals surface area contributed by atoms with Crippen molar-refractivity contribution in [2.75, 3.05) is 20.2 Å². The van der Waals surface area contributed by atoms with E-state index in [2.05, 4.69) is 22.1 Å². The molecular formula is C11H16ClN3O. The lowest BCUT2D eigenvalue weighted by molar-refractivity contribution is 0.225. The van der Waals surface area contributed by atoms with Gasteiger partial charge in [-0.15, -0.1) is 16.7 Å². The molecular weight excluding hydrogens is 226 g/mol. The molecule has 1 aromatic rings. The van der Waals surface area contributed by atoms with Gasteiger partial charge in [-0.2, -0.15) is 5.10 Å². The van der Waals surface area contributed by atoms with E-state index in [1.165, 1.54) is 12.8 Å². The average molecular weight is 242 g/mol. The SMILES string of the molecule is CN(CCOc1ccc(CCl)nn1)C1CC1. The van der Waals surface area contributed by atoms with Gasteiger partial charge in [0.05, 0.1) is 11.6 Å². The first-order valence-electron chi connectivity index (χ1n) is 5.51. The lowest BCUT2D eigenvalue weighted by atomic mass is 10.4. The van der Waals surface area contributed by atoms with Crippen molar-refractivity contribution in [2.24, 2.45) is 0 Å². The third-order valence-corrected chi connectivity index (χ3v) is 2.97. The predicted octanol–water partition coefficient (Wildman–Crippen LogP) is 1.69. The Morgan fingerprint density at radius 3 is 2.81 bits per heavy atom. The molecule has 1 aromatic heterocycles. The van der Waals surface area contributed by atoms with Crippen LogP contribution in [0.2, 0.25) is 0 Å². The fourth-order valence-corrected chi connectivity index (χ4v) is 1.63. The molecule has 5 heteroatoms. The molecule has 0 unspecified atom stereocenters. The summed E-state index contributed by atoms with van der Waals surface area (Å²) < 4.78 is 5.50. The molecule has 1 aliphatic rings. The van der Waals surface area contributed by atoms with E-state index in [0.717, 1.165) is 18.3 Å². The minimum Gasteiger partial charge on any atom is -0.475 e. The molecule has 0 spiro atoms. The highest BCUT2D eigenvalue weighted by Crippen LogP contribution is 2.24. The van der Waals surface area contributed by atoms with Crippen LogP contribution in [0.15, 0.2) is 12.1 Å². The van der Waals surface area contributed by atoms with E-state index in [4.69, 9.17) is 16.3 Å². The summed E-state index contributed by atoms with van der Waals surface area (Å²) in [7, 11) is 2.13. The molecule has 0 N–H and O–H groups in total. The first-order chi connectivity index (χ1) is 7.79. The maximum absolute atomic E-state index is 5.62. The molecule has 0 amide bonds. The van der Waals surface area contributed by atoms with Crippen LogP contribution < -0.4 is 4.74 Å². The second-order valence-corrected chi connectivity index (χ2v) is 4.32. The highest BCUT2D eigenvalue weighted by Gasteiger charge is 2.25. The number of rotatable bonds is 6. The number of likely N-dealkylation sites (N-methyl/N-ethyl adjacent to an activating group) is 1. The molecule has 1 aliphatic carbocycles. The lowest BCUT2D eigenvalue weighted by Gasteiger charge is -2.15. The number of alkyl halides is 1. The van der Waals surface area contributed by atoms with Crippen LogP contribution in [0.3, 0.4) is 0 Å². The van der Waals surface area contributed by atoms with Gasteiger partial charge in [0.25, 0.3) is 0 Å². The van der Waals surface area contributed by atoms with Crippen LogP contribution in [0, 0.1) is 0 Å². The van der Waals surface area contributed by atoms with Gasteiger partial charge in [-0.25, -0.2) is 0 Å². The molecule has 4 nitrogen and oxygen atoms in total. The zero-order valence-corrected chi connectivity index (χ0v) is 10.2. The summed E-state index contributed by atoms with van der Waals surface area (Å²) in [6.07, 6.45) is 2.64. The van der Waals surface area contributed by atoms with Gasteiger partial charge in [0.1, 0.15) is 6.61 Å². The minimum absolute atomic E-state index is 0.387. The summed E-state index contributed by atoms with van der Waals surface area (Å²) in [6.45, 7) is 1.59. The van der Waals surface area contributed by atoms with Gasteiger partial charge in [-0.3, -0.25) is 0 Å². The molecule has 0 aromatic carbocycles. The van der Waals surface area contributed by atoms with Gasteiger partial charge < -0.3 is 9.64 Å². The number of ether oxygens (including phenoxy) is 1. The summed E-state index contributed by atoms with van der Waals surface area (Å²) >= 11 is 5.62. The van der Waals surface area contributed by atoms with Gasteiger partial charge in [0, 0.05) is 18.7 Å². The van der Waals surface area contributed by atoms with Gasteiger partial charge in [0.15, 0.2) is 0 Å². The molecule has 88 valence electrons. The van der Waals surface area contributed by atoms with Crippen LogP contribution in [0.1, 0.15) is 18.5 Å². The zero-order chi connectivity index (χ0) is 11.4. The highest BCUT2D eigenvalue weighted by molar-refractivity contribution is 6.16. The summed E-state index contributed by atoms with van der Waals surface area (Å²) in [5.74, 6) is 0.954. The van der Waals surface area contributed by atoms with Gasteiger partial charge in [-0.05, 0) is 26.0 Å². The largest absolute Gasteiger partial charge is 0.475 e. The Morgan fingerprint density at radius 1 is 1.44 bits per heavy atom. The predicted molar refractivity (Wildman–Crippen MR) is 62.7 cm³/mol. The fourth-order valence-electron chi connectivity index (χ4n) is 1.49. The highest BCUT2D eigenvalue weighted by atomic mass is 35.5. The first kappa shape index (κ1) is 11.6. The number of hydrogen-bond donors (Lipinski definition) is 0. The van der Waals surface area contributed by atoms with Crippen LogP contribution in [0.4, 0.5) is 0 Å². The number of nitrogens with zero attached hydrogens (tertiary/aromatic N) is 3. The summed E-state index contributed by atoms with van der Waals surface area (Å²) in [6, 6.07) is 4.41. The maximum atomic E-state index is 5.62. The van der Waals surface area contributed by atoms with Crippen molar-refractivity contribution in [2.45, 2.75) is 24.8 Å². The van der Waals surface area contributed by atoms with Crippen molar-refractivity contribution < 1.29 is 4.74 Å². The zero-order valence-electron chi connectivity index (χ0n) is 9.40. The molecule has 0 radical (unpaired) electrons. The van der Waals surface area contributed by atoms with Crippen LogP contribution in [-0.2, 0) is 5.88 Å². The molecule has 2 rings (SSSR count). The molecule has 1 heterocycles. The molecule has 0 bridgehead atoms. The molecule has 0 atom stereocenters. The van der Waals surface area contributed by atoms with E-state index in [1.54, 1.807) is 0 Å². The lowest BCUT2D eigenvalue weighted by Crippen LogP contribution is -2.26. The maximum Gasteiger partial charge on any atom is 0.233 e. The molecule has 0 aliphatic heterocycles. The van der Waals surface area contributed by atoms with Crippen LogP contribution in [0.25, 0.3) is 0 Å². The van der Waals surface area contributed by atoms with Crippen molar-refractivity contribution in [3.63, 3.8) is 0 Å². The second kappa shape index (κ2) is 5.46. The van der Waals surface area contributed by atoms with Gasteiger partial charge >= 0.3 is 0 Å². The van der Waals surface area contributed by atoms with Crippen LogP contribution >= 0.6 is 11.6 Å². The monoisotopic (exact) mass is 241 g/mol. The third-order valence-electron chi connectivity index (χ3n) is 2.70. The normalized spacial score (nSPS) is 15.4. The first-order valence-corrected chi connectivity index (χ1v) is 6.04. The number of halogens is 1. The van der Waals surface area contributed by atoms with E-state index in [0.29, 0.717) is 18.4 Å². The van der Waals surface area contributed by atoms with E-state index < -0.39 is 0 Å². The minimum atomic E-state index is 0.387. The third kappa shape index (κ3) is 3.32. The van der Waals surface area contributed by atoms with E-state index in [-0.39, 0.29) is 0 Å². The van der Waals surface area contributed by atoms with Crippen LogP contribution in [0.5, 0.6) is 5.88 Å². The fraction of sp³-hybridized carbons (Fsp3) is 0.636. The van der Waals surface area contributed by atoms with Gasteiger partial charge in [-0.1, -0.05) is 0 Å². The Morgan fingerprint density at radius 2 is 2.25 bits per heavy atom. The van der Waals surface area contributed by atoms with Crippen molar-refractivity contribution in [1.29, 1.82) is 0 Å². The quantitative estimate of drug-likeness (QED) is 0.711. The summed E-state index contributed by atoms with van der Waals surface area (Å²) in [5, 5.41) is 7.85. The number of hydrogen-bond acceptors (Lipinski definition) is 4. The van der Waals surface area contributed by atoms with Crippen molar-refractivity contribution >= 4 is 11.6 Å². The Hall–Kier alpha value is -0.870. The van der Waals surface area contributed by atoms with Crippen molar-refractivity contribution in [1.82, 2.24) is 15.1 Å². The molecule has 16 heavy (non-hydrogen) atoms. The molecule has 1 saturated carbocycles. The Labute approximate surface area is 101 Å². The Balaban J connectivity index is 1.71.